The van der Waals surface area contributed by atoms with Crippen LogP contribution in [0.3, 0.4) is 0 Å². The summed E-state index contributed by atoms with van der Waals surface area (Å²) in [6.07, 6.45) is 21.7. The molecule has 0 saturated carbocycles. The molecule has 3 aliphatic rings. The first-order chi connectivity index (χ1) is 22.8. The molecule has 1 N–H and O–H groups in total. The van der Waals surface area contributed by atoms with Gasteiger partial charge in [-0.3, -0.25) is 4.98 Å². The summed E-state index contributed by atoms with van der Waals surface area (Å²) in [5, 5.41) is 4.55. The van der Waals surface area contributed by atoms with Crippen molar-refractivity contribution in [2.24, 2.45) is 11.8 Å². The molecule has 1 amide bonds. The number of rotatable bonds is 12. The number of carbonyl (C=O) groups excluding carboxylic acids is 1. The monoisotopic (exact) mass is 677 g/mol. The fraction of sp³-hybridized carbons (Fsp3) is 0.650. The van der Waals surface area contributed by atoms with Gasteiger partial charge in [0.2, 0.25) is 0 Å². The van der Waals surface area contributed by atoms with Crippen molar-refractivity contribution in [1.29, 1.82) is 0 Å². The molecule has 2 aliphatic heterocycles. The van der Waals surface area contributed by atoms with E-state index < -0.39 is 5.60 Å². The first-order valence-corrected chi connectivity index (χ1v) is 18.7. The van der Waals surface area contributed by atoms with Crippen LogP contribution in [0, 0.1) is 11.8 Å². The Morgan fingerprint density at radius 2 is 1.60 bits per heavy atom. The van der Waals surface area contributed by atoms with Crippen molar-refractivity contribution in [2.75, 3.05) is 26.2 Å². The molecule has 6 rings (SSSR count). The zero-order chi connectivity index (χ0) is 32.9. The topological polar surface area (TPSA) is 80.2 Å². The zero-order valence-corrected chi connectivity index (χ0v) is 30.7. The van der Waals surface area contributed by atoms with Gasteiger partial charge in [-0.2, -0.15) is 0 Å². The Labute approximate surface area is 295 Å². The Hall–Kier alpha value is -2.77. The number of likely N-dealkylation sites (tertiary alicyclic amines) is 1. The number of halogens is 1. The van der Waals surface area contributed by atoms with Gasteiger partial charge in [-0.15, -0.1) is 12.4 Å². The minimum atomic E-state index is -0.415. The molecule has 7 nitrogen and oxygen atoms in total. The quantitative estimate of drug-likeness (QED) is 0.193. The molecule has 8 heteroatoms. The normalized spacial score (nSPS) is 18.9. The third-order valence-corrected chi connectivity index (χ3v) is 9.95. The predicted molar refractivity (Wildman–Crippen MR) is 199 cm³/mol. The van der Waals surface area contributed by atoms with Crippen molar-refractivity contribution in [3.05, 3.63) is 65.2 Å². The fourth-order valence-electron chi connectivity index (χ4n) is 7.25. The van der Waals surface area contributed by atoms with Gasteiger partial charge in [0.1, 0.15) is 5.60 Å². The number of amides is 1. The maximum Gasteiger partial charge on any atom is 0.410 e. The smallest absolute Gasteiger partial charge is 0.410 e. The van der Waals surface area contributed by atoms with Gasteiger partial charge >= 0.3 is 6.09 Å². The zero-order valence-electron chi connectivity index (χ0n) is 29.9. The summed E-state index contributed by atoms with van der Waals surface area (Å²) in [4.78, 5) is 27.8. The Kier molecular flexibility index (Phi) is 15.4. The number of fused-ring (bicyclic) bond motifs is 2. The van der Waals surface area contributed by atoms with Gasteiger partial charge in [-0.1, -0.05) is 31.7 Å². The SMILES string of the molecule is CC(C)(C)OC(=O)N1CC[C@@H](CCCCCc2ccc3cccnc3n2)C1.Cl.c1cc2c(nc1CCCCC[C@@H]1CCNC1)CCCC2. The summed E-state index contributed by atoms with van der Waals surface area (Å²) in [5.41, 5.74) is 5.77. The van der Waals surface area contributed by atoms with Gasteiger partial charge in [0.05, 0.1) is 0 Å². The first kappa shape index (κ1) is 38.0. The van der Waals surface area contributed by atoms with E-state index >= 15 is 0 Å². The van der Waals surface area contributed by atoms with Gasteiger partial charge in [0.25, 0.3) is 0 Å². The van der Waals surface area contributed by atoms with Crippen molar-refractivity contribution in [1.82, 2.24) is 25.2 Å². The molecular formula is C40H60ClN5O2. The van der Waals surface area contributed by atoms with Crippen LogP contribution in [0.1, 0.15) is 120 Å². The molecule has 48 heavy (non-hydrogen) atoms. The van der Waals surface area contributed by atoms with Crippen LogP contribution in [0.25, 0.3) is 11.0 Å². The number of aryl methyl sites for hydroxylation is 4. The molecule has 2 saturated heterocycles. The second-order valence-electron chi connectivity index (χ2n) is 15.1. The number of aromatic nitrogens is 3. The van der Waals surface area contributed by atoms with Crippen LogP contribution in [0.15, 0.2) is 42.6 Å². The number of carbonyl (C=O) groups is 1. The molecular weight excluding hydrogens is 618 g/mol. The molecule has 1 aliphatic carbocycles. The van der Waals surface area contributed by atoms with Crippen molar-refractivity contribution < 1.29 is 9.53 Å². The third kappa shape index (κ3) is 12.6. The number of nitrogens with zero attached hydrogens (tertiary/aromatic N) is 4. The van der Waals surface area contributed by atoms with E-state index in [1.807, 2.05) is 37.8 Å². The maximum atomic E-state index is 12.1. The Balaban J connectivity index is 0.000000221. The van der Waals surface area contributed by atoms with E-state index in [0.29, 0.717) is 5.92 Å². The lowest BCUT2D eigenvalue weighted by Crippen LogP contribution is -2.35. The molecule has 5 heterocycles. The lowest BCUT2D eigenvalue weighted by molar-refractivity contribution is 0.0287. The van der Waals surface area contributed by atoms with Crippen molar-refractivity contribution in [3.63, 3.8) is 0 Å². The summed E-state index contributed by atoms with van der Waals surface area (Å²) >= 11 is 0. The van der Waals surface area contributed by atoms with Gasteiger partial charge in [-0.05, 0) is 159 Å². The molecule has 2 fully saturated rings. The van der Waals surface area contributed by atoms with Crippen LogP contribution in [0.2, 0.25) is 0 Å². The minimum absolute atomic E-state index is 0. The molecule has 0 spiro atoms. The molecule has 3 aromatic rings. The molecule has 264 valence electrons. The molecule has 0 bridgehead atoms. The van der Waals surface area contributed by atoms with Gasteiger partial charge in [0, 0.05) is 41.8 Å². The second-order valence-corrected chi connectivity index (χ2v) is 15.1. The van der Waals surface area contributed by atoms with E-state index in [4.69, 9.17) is 9.72 Å². The predicted octanol–water partition coefficient (Wildman–Crippen LogP) is 9.08. The average molecular weight is 678 g/mol. The second kappa shape index (κ2) is 19.4. The van der Waals surface area contributed by atoms with Crippen molar-refractivity contribution in [2.45, 2.75) is 129 Å². The van der Waals surface area contributed by atoms with E-state index in [1.165, 1.54) is 114 Å². The molecule has 0 unspecified atom stereocenters. The Morgan fingerprint density at radius 1 is 0.875 bits per heavy atom. The summed E-state index contributed by atoms with van der Waals surface area (Å²) in [7, 11) is 0. The molecule has 0 radical (unpaired) electrons. The molecule has 2 atom stereocenters. The highest BCUT2D eigenvalue weighted by atomic mass is 35.5. The highest BCUT2D eigenvalue weighted by Crippen LogP contribution is 2.25. The lowest BCUT2D eigenvalue weighted by atomic mass is 9.95. The number of ether oxygens (including phenoxy) is 1. The first-order valence-electron chi connectivity index (χ1n) is 18.7. The molecule has 0 aromatic carbocycles. The standard InChI is InChI=1S/C22H31N3O2.C18H28N2.ClH/c1-22(2,3)27-21(26)25-15-13-17(16-25)8-5-4-6-10-19-12-11-18-9-7-14-23-20(18)24-19;1(2-6-15-12-13-19-14-15)3-8-17-11-10-16-7-4-5-9-18(16)20-17;/h7,9,11-12,14,17H,4-6,8,10,13,15-16H2,1-3H3;10-11,15,19H,1-9,12-14H2;1H/t17-;15-;/m11./s1. The van der Waals surface area contributed by atoms with E-state index in [2.05, 4.69) is 39.6 Å². The number of hydrogen-bond donors (Lipinski definition) is 1. The Bertz CT molecular complexity index is 1400. The Morgan fingerprint density at radius 3 is 2.35 bits per heavy atom. The molecule has 3 aromatic heterocycles. The van der Waals surface area contributed by atoms with Crippen LogP contribution >= 0.6 is 12.4 Å². The highest BCUT2D eigenvalue weighted by molar-refractivity contribution is 5.85. The lowest BCUT2D eigenvalue weighted by Gasteiger charge is -2.24. The summed E-state index contributed by atoms with van der Waals surface area (Å²) in [6, 6.07) is 12.8. The van der Waals surface area contributed by atoms with E-state index in [9.17, 15) is 4.79 Å². The minimum Gasteiger partial charge on any atom is -0.444 e. The summed E-state index contributed by atoms with van der Waals surface area (Å²) in [6.45, 7) is 9.91. The van der Waals surface area contributed by atoms with Crippen molar-refractivity contribution >= 4 is 29.5 Å². The third-order valence-electron chi connectivity index (χ3n) is 9.95. The number of pyridine rings is 3. The average Bonchev–Trinajstić information content (AvgIpc) is 3.77. The number of nitrogens with one attached hydrogen (secondary N) is 1. The van der Waals surface area contributed by atoms with Crippen molar-refractivity contribution in [3.8, 4) is 0 Å². The van der Waals surface area contributed by atoms with Crippen LogP contribution in [-0.2, 0) is 30.4 Å². The van der Waals surface area contributed by atoms with Crippen LogP contribution < -0.4 is 5.32 Å². The van der Waals surface area contributed by atoms with Gasteiger partial charge in [-0.25, -0.2) is 14.8 Å². The van der Waals surface area contributed by atoms with E-state index in [0.717, 1.165) is 55.0 Å². The number of unbranched alkanes of at least 4 members (excludes halogenated alkanes) is 4. The summed E-state index contributed by atoms with van der Waals surface area (Å²) < 4.78 is 5.47. The maximum absolute atomic E-state index is 12.1. The van der Waals surface area contributed by atoms with Crippen LogP contribution in [0.5, 0.6) is 0 Å². The van der Waals surface area contributed by atoms with Gasteiger partial charge < -0.3 is 15.0 Å². The summed E-state index contributed by atoms with van der Waals surface area (Å²) in [5.74, 6) is 1.57. The highest BCUT2D eigenvalue weighted by Gasteiger charge is 2.29. The number of hydrogen-bond acceptors (Lipinski definition) is 6. The van der Waals surface area contributed by atoms with Gasteiger partial charge in [0.15, 0.2) is 5.65 Å². The van der Waals surface area contributed by atoms with Crippen LogP contribution in [-0.4, -0.2) is 57.7 Å². The van der Waals surface area contributed by atoms with E-state index in [1.54, 1.807) is 6.20 Å². The van der Waals surface area contributed by atoms with Crippen LogP contribution in [0.4, 0.5) is 4.79 Å². The fourth-order valence-corrected chi connectivity index (χ4v) is 7.25. The van der Waals surface area contributed by atoms with E-state index in [-0.39, 0.29) is 18.5 Å². The largest absolute Gasteiger partial charge is 0.444 e.